The molecule has 5 heteroatoms. The summed E-state index contributed by atoms with van der Waals surface area (Å²) < 4.78 is 10.2. The highest BCUT2D eigenvalue weighted by atomic mass is 16.5. The van der Waals surface area contributed by atoms with Crippen molar-refractivity contribution in [1.82, 2.24) is 0 Å². The molecule has 1 atom stereocenters. The van der Waals surface area contributed by atoms with Crippen LogP contribution in [-0.2, 0) is 16.0 Å². The third-order valence-corrected chi connectivity index (χ3v) is 2.29. The molecule has 0 aliphatic heterocycles. The van der Waals surface area contributed by atoms with E-state index in [1.54, 1.807) is 19.2 Å². The van der Waals surface area contributed by atoms with Crippen molar-refractivity contribution in [2.75, 3.05) is 20.3 Å². The summed E-state index contributed by atoms with van der Waals surface area (Å²) in [6, 6.07) is 7.22. The van der Waals surface area contributed by atoms with Crippen LogP contribution >= 0.6 is 0 Å². The summed E-state index contributed by atoms with van der Waals surface area (Å²) in [5.74, 6) is -0.556. The molecule has 0 aromatic heterocycles. The highest BCUT2D eigenvalue weighted by molar-refractivity contribution is 5.73. The lowest BCUT2D eigenvalue weighted by Crippen LogP contribution is -2.34. The Kier molecular flexibility index (Phi) is 5.45. The van der Waals surface area contributed by atoms with Gasteiger partial charge in [-0.3, -0.25) is 0 Å². The maximum absolute atomic E-state index is 10.7. The Bertz CT molecular complexity index is 350. The number of carbonyl (C=O) groups is 1. The molecule has 0 fully saturated rings. The molecule has 0 amide bonds. The molecule has 0 bridgehead atoms. The van der Waals surface area contributed by atoms with Gasteiger partial charge < -0.3 is 20.3 Å². The summed E-state index contributed by atoms with van der Waals surface area (Å²) in [6.07, 6.45) is -0.185. The molecule has 0 saturated carbocycles. The van der Waals surface area contributed by atoms with Crippen LogP contribution in [0.1, 0.15) is 5.56 Å². The topological polar surface area (TPSA) is 81.8 Å². The van der Waals surface area contributed by atoms with Crippen LogP contribution in [0.25, 0.3) is 0 Å². The van der Waals surface area contributed by atoms with Gasteiger partial charge in [-0.1, -0.05) is 12.1 Å². The van der Waals surface area contributed by atoms with E-state index in [1.165, 1.54) is 0 Å². The summed E-state index contributed by atoms with van der Waals surface area (Å²) in [7, 11) is 1.65. The van der Waals surface area contributed by atoms with Crippen LogP contribution in [0, 0.1) is 0 Å². The lowest BCUT2D eigenvalue weighted by atomic mass is 10.1. The first kappa shape index (κ1) is 13.5. The number of methoxy groups -OCH3 is 1. The minimum atomic E-state index is -1.06. The largest absolute Gasteiger partial charge is 0.478 e. The van der Waals surface area contributed by atoms with E-state index in [4.69, 9.17) is 20.3 Å². The molecule has 0 spiro atoms. The van der Waals surface area contributed by atoms with Gasteiger partial charge in [-0.2, -0.15) is 0 Å². The highest BCUT2D eigenvalue weighted by Crippen LogP contribution is 2.14. The fraction of sp³-hybridized carbons (Fsp3) is 0.417. The summed E-state index contributed by atoms with van der Waals surface area (Å²) >= 11 is 0. The number of hydrogen-bond acceptors (Lipinski definition) is 4. The zero-order valence-electron chi connectivity index (χ0n) is 9.76. The van der Waals surface area contributed by atoms with E-state index in [0.29, 0.717) is 12.4 Å². The van der Waals surface area contributed by atoms with Crippen LogP contribution in [0.5, 0.6) is 5.75 Å². The Labute approximate surface area is 100 Å². The number of rotatable bonds is 7. The standard InChI is InChI=1S/C12H17NO4/c1-16-7-6-9-2-4-10(5-3-9)17-11(8-13)12(14)15/h2-5,11H,6-8,13H2,1H3,(H,14,15). The van der Waals surface area contributed by atoms with E-state index < -0.39 is 12.1 Å². The fourth-order valence-electron chi connectivity index (χ4n) is 1.32. The second kappa shape index (κ2) is 6.88. The molecule has 0 aliphatic carbocycles. The quantitative estimate of drug-likeness (QED) is 0.730. The SMILES string of the molecule is COCCc1ccc(OC(CN)C(=O)O)cc1. The van der Waals surface area contributed by atoms with E-state index in [0.717, 1.165) is 12.0 Å². The van der Waals surface area contributed by atoms with Crippen molar-refractivity contribution in [2.24, 2.45) is 5.73 Å². The smallest absolute Gasteiger partial charge is 0.346 e. The number of carboxylic acids is 1. The van der Waals surface area contributed by atoms with Gasteiger partial charge in [-0.25, -0.2) is 4.79 Å². The van der Waals surface area contributed by atoms with Crippen molar-refractivity contribution in [3.8, 4) is 5.75 Å². The fourth-order valence-corrected chi connectivity index (χ4v) is 1.32. The monoisotopic (exact) mass is 239 g/mol. The predicted octanol–water partition coefficient (Wildman–Crippen LogP) is 0.666. The van der Waals surface area contributed by atoms with Gasteiger partial charge in [-0.15, -0.1) is 0 Å². The molecule has 94 valence electrons. The number of ether oxygens (including phenoxy) is 2. The molecule has 0 heterocycles. The maximum atomic E-state index is 10.7. The van der Waals surface area contributed by atoms with Crippen LogP contribution in [-0.4, -0.2) is 37.4 Å². The Morgan fingerprint density at radius 1 is 1.41 bits per heavy atom. The second-order valence-electron chi connectivity index (χ2n) is 3.57. The molecule has 0 saturated heterocycles. The van der Waals surface area contributed by atoms with Crippen LogP contribution in [0.2, 0.25) is 0 Å². The average molecular weight is 239 g/mol. The van der Waals surface area contributed by atoms with Crippen LogP contribution in [0.4, 0.5) is 0 Å². The molecule has 1 rings (SSSR count). The number of benzene rings is 1. The molecular weight excluding hydrogens is 222 g/mol. The second-order valence-corrected chi connectivity index (χ2v) is 3.57. The van der Waals surface area contributed by atoms with E-state index in [9.17, 15) is 4.79 Å². The summed E-state index contributed by atoms with van der Waals surface area (Å²) in [4.78, 5) is 10.7. The van der Waals surface area contributed by atoms with Crippen molar-refractivity contribution in [3.05, 3.63) is 29.8 Å². The van der Waals surface area contributed by atoms with Crippen LogP contribution in [0.3, 0.4) is 0 Å². The number of carboxylic acid groups (broad SMARTS) is 1. The highest BCUT2D eigenvalue weighted by Gasteiger charge is 2.16. The maximum Gasteiger partial charge on any atom is 0.346 e. The third-order valence-electron chi connectivity index (χ3n) is 2.29. The van der Waals surface area contributed by atoms with Crippen LogP contribution in [0.15, 0.2) is 24.3 Å². The Morgan fingerprint density at radius 3 is 2.53 bits per heavy atom. The van der Waals surface area contributed by atoms with Gasteiger partial charge in [-0.05, 0) is 24.1 Å². The summed E-state index contributed by atoms with van der Waals surface area (Å²) in [5, 5.41) is 8.78. The van der Waals surface area contributed by atoms with Gasteiger partial charge in [0.05, 0.1) is 6.61 Å². The zero-order chi connectivity index (χ0) is 12.7. The minimum Gasteiger partial charge on any atom is -0.478 e. The Hall–Kier alpha value is -1.59. The minimum absolute atomic E-state index is 0.0548. The van der Waals surface area contributed by atoms with Gasteiger partial charge in [0.15, 0.2) is 0 Å². The third kappa shape index (κ3) is 4.42. The molecule has 1 aromatic rings. The summed E-state index contributed by atoms with van der Waals surface area (Å²) in [6.45, 7) is 0.599. The first-order valence-corrected chi connectivity index (χ1v) is 5.34. The zero-order valence-corrected chi connectivity index (χ0v) is 9.76. The molecule has 17 heavy (non-hydrogen) atoms. The van der Waals surface area contributed by atoms with E-state index in [-0.39, 0.29) is 6.54 Å². The van der Waals surface area contributed by atoms with Crippen molar-refractivity contribution in [3.63, 3.8) is 0 Å². The van der Waals surface area contributed by atoms with Crippen molar-refractivity contribution in [2.45, 2.75) is 12.5 Å². The lowest BCUT2D eigenvalue weighted by molar-refractivity contribution is -0.144. The lowest BCUT2D eigenvalue weighted by Gasteiger charge is -2.13. The molecule has 1 unspecified atom stereocenters. The van der Waals surface area contributed by atoms with Gasteiger partial charge in [0.25, 0.3) is 0 Å². The summed E-state index contributed by atoms with van der Waals surface area (Å²) in [5.41, 5.74) is 6.40. The van der Waals surface area contributed by atoms with E-state index >= 15 is 0 Å². The Balaban J connectivity index is 2.58. The number of nitrogens with two attached hydrogens (primary N) is 1. The first-order chi connectivity index (χ1) is 8.17. The molecule has 0 aliphatic rings. The van der Waals surface area contributed by atoms with Gasteiger partial charge in [0, 0.05) is 13.7 Å². The van der Waals surface area contributed by atoms with Gasteiger partial charge in [0.1, 0.15) is 5.75 Å². The molecule has 1 aromatic carbocycles. The molecular formula is C12H17NO4. The van der Waals surface area contributed by atoms with Crippen molar-refractivity contribution in [1.29, 1.82) is 0 Å². The van der Waals surface area contributed by atoms with Gasteiger partial charge in [0.2, 0.25) is 6.10 Å². The van der Waals surface area contributed by atoms with E-state index in [1.807, 2.05) is 12.1 Å². The normalized spacial score (nSPS) is 12.1. The number of hydrogen-bond donors (Lipinski definition) is 2. The van der Waals surface area contributed by atoms with Crippen molar-refractivity contribution < 1.29 is 19.4 Å². The number of aliphatic carboxylic acids is 1. The van der Waals surface area contributed by atoms with Gasteiger partial charge >= 0.3 is 5.97 Å². The van der Waals surface area contributed by atoms with E-state index in [2.05, 4.69) is 0 Å². The van der Waals surface area contributed by atoms with Crippen LogP contribution < -0.4 is 10.5 Å². The molecule has 5 nitrogen and oxygen atoms in total. The first-order valence-electron chi connectivity index (χ1n) is 5.34. The van der Waals surface area contributed by atoms with Crippen molar-refractivity contribution >= 4 is 5.97 Å². The predicted molar refractivity (Wildman–Crippen MR) is 63.1 cm³/mol. The molecule has 0 radical (unpaired) electrons. The Morgan fingerprint density at radius 2 is 2.06 bits per heavy atom. The molecule has 3 N–H and O–H groups in total. The average Bonchev–Trinajstić information content (AvgIpc) is 2.34.